The van der Waals surface area contributed by atoms with Gasteiger partial charge in [0.05, 0.1) is 6.04 Å². The lowest BCUT2D eigenvalue weighted by Crippen LogP contribution is -2.33. The maximum absolute atomic E-state index is 14.3. The Morgan fingerprint density at radius 2 is 2.24 bits per heavy atom. The van der Waals surface area contributed by atoms with Crippen LogP contribution in [0.2, 0.25) is 5.15 Å². The number of hydrogen-bond donors (Lipinski definition) is 0. The van der Waals surface area contributed by atoms with Gasteiger partial charge in [-0.3, -0.25) is 0 Å². The van der Waals surface area contributed by atoms with Crippen molar-refractivity contribution in [1.82, 2.24) is 15.0 Å². The van der Waals surface area contributed by atoms with Crippen molar-refractivity contribution in [3.05, 3.63) is 11.0 Å². The Balaban J connectivity index is 2.09. The summed E-state index contributed by atoms with van der Waals surface area (Å²) in [5.74, 6) is 0.423. The third kappa shape index (κ3) is 1.94. The number of hydrogen-bond acceptors (Lipinski definition) is 6. The van der Waals surface area contributed by atoms with Crippen molar-refractivity contribution in [3.63, 3.8) is 0 Å². The van der Waals surface area contributed by atoms with Crippen LogP contribution in [0.3, 0.4) is 0 Å². The fourth-order valence-electron chi connectivity index (χ4n) is 2.94. The maximum Gasteiger partial charge on any atom is 0.228 e. The molecule has 110 valence electrons. The van der Waals surface area contributed by atoms with Gasteiger partial charge in [-0.05, 0) is 19.1 Å². The molecule has 21 heavy (non-hydrogen) atoms. The predicted molar refractivity (Wildman–Crippen MR) is 79.9 cm³/mol. The molecule has 0 bridgehead atoms. The van der Waals surface area contributed by atoms with E-state index in [0.717, 1.165) is 19.4 Å². The summed E-state index contributed by atoms with van der Waals surface area (Å²) in [5.41, 5.74) is 0.187. The molecule has 0 radical (unpaired) electrons. The van der Waals surface area contributed by atoms with Gasteiger partial charge in [0.25, 0.3) is 0 Å². The van der Waals surface area contributed by atoms with E-state index in [2.05, 4.69) is 19.9 Å². The smallest absolute Gasteiger partial charge is 0.228 e. The molecule has 4 heterocycles. The van der Waals surface area contributed by atoms with Crippen molar-refractivity contribution in [2.24, 2.45) is 0 Å². The van der Waals surface area contributed by atoms with E-state index in [0.29, 0.717) is 28.8 Å². The van der Waals surface area contributed by atoms with Gasteiger partial charge in [-0.2, -0.15) is 4.98 Å². The zero-order valence-corrected chi connectivity index (χ0v) is 12.8. The van der Waals surface area contributed by atoms with Gasteiger partial charge in [-0.25, -0.2) is 14.4 Å². The summed E-state index contributed by atoms with van der Waals surface area (Å²) in [6.45, 7) is 1.40. The molecule has 8 heteroatoms. The monoisotopic (exact) mass is 326 g/mol. The van der Waals surface area contributed by atoms with E-state index in [1.165, 1.54) is 11.8 Å². The molecule has 4 rings (SSSR count). The summed E-state index contributed by atoms with van der Waals surface area (Å²) in [7, 11) is 0. The molecule has 2 aliphatic rings. The summed E-state index contributed by atoms with van der Waals surface area (Å²) in [5, 5.41) is 0.840. The van der Waals surface area contributed by atoms with E-state index in [4.69, 9.17) is 16.3 Å². The van der Waals surface area contributed by atoms with Crippen LogP contribution in [0.1, 0.15) is 12.8 Å². The van der Waals surface area contributed by atoms with E-state index < -0.39 is 5.82 Å². The molecule has 1 atom stereocenters. The van der Waals surface area contributed by atoms with E-state index in [9.17, 15) is 4.39 Å². The average Bonchev–Trinajstić information content (AvgIpc) is 2.91. The minimum absolute atomic E-state index is 0.187. The van der Waals surface area contributed by atoms with Crippen molar-refractivity contribution in [2.45, 2.75) is 24.0 Å². The molecule has 0 saturated carbocycles. The first-order chi connectivity index (χ1) is 10.2. The minimum atomic E-state index is -0.615. The fourth-order valence-corrected chi connectivity index (χ4v) is 3.47. The topological polar surface area (TPSA) is 51.1 Å². The van der Waals surface area contributed by atoms with Crippen molar-refractivity contribution in [3.8, 4) is 5.88 Å². The quantitative estimate of drug-likeness (QED) is 0.456. The van der Waals surface area contributed by atoms with E-state index in [1.807, 2.05) is 6.26 Å². The van der Waals surface area contributed by atoms with Crippen LogP contribution in [-0.4, -0.2) is 40.4 Å². The van der Waals surface area contributed by atoms with Crippen LogP contribution in [0.25, 0.3) is 10.9 Å². The number of halogens is 2. The Kier molecular flexibility index (Phi) is 3.08. The number of nitrogens with zero attached hydrogens (tertiary/aromatic N) is 4. The van der Waals surface area contributed by atoms with Crippen LogP contribution in [0.15, 0.2) is 5.16 Å². The zero-order valence-electron chi connectivity index (χ0n) is 11.3. The second-order valence-electron chi connectivity index (χ2n) is 5.08. The Bertz CT molecular complexity index is 744. The van der Waals surface area contributed by atoms with Gasteiger partial charge >= 0.3 is 0 Å². The number of pyridine rings is 1. The normalized spacial score (nSPS) is 20.3. The van der Waals surface area contributed by atoms with Gasteiger partial charge in [0, 0.05) is 6.54 Å². The number of aromatic nitrogens is 3. The zero-order chi connectivity index (χ0) is 14.6. The van der Waals surface area contributed by atoms with Gasteiger partial charge in [-0.15, -0.1) is 0 Å². The standard InChI is InChI=1S/C13H12ClFN4OS/c1-21-13-16-9-7-11(18-13)19-4-2-3-6(19)5-20-12(7)17-10(14)8(9)15/h6H,2-5H2,1H3/t6-/m0/s1. The van der Waals surface area contributed by atoms with Crippen molar-refractivity contribution in [1.29, 1.82) is 0 Å². The van der Waals surface area contributed by atoms with Crippen molar-refractivity contribution >= 4 is 40.1 Å². The molecule has 0 aliphatic carbocycles. The summed E-state index contributed by atoms with van der Waals surface area (Å²) in [6.07, 6.45) is 3.97. The van der Waals surface area contributed by atoms with Crippen molar-refractivity contribution in [2.75, 3.05) is 24.3 Å². The second-order valence-corrected chi connectivity index (χ2v) is 6.21. The number of thioether (sulfide) groups is 1. The molecule has 0 amide bonds. The molecule has 5 nitrogen and oxygen atoms in total. The number of fused-ring (bicyclic) bond motifs is 2. The predicted octanol–water partition coefficient (Wildman–Crippen LogP) is 2.90. The Morgan fingerprint density at radius 1 is 1.38 bits per heavy atom. The number of ether oxygens (including phenoxy) is 1. The summed E-state index contributed by atoms with van der Waals surface area (Å²) in [6, 6.07) is 0.244. The van der Waals surface area contributed by atoms with Crippen LogP contribution < -0.4 is 9.64 Å². The lowest BCUT2D eigenvalue weighted by atomic mass is 10.2. The highest BCUT2D eigenvalue weighted by molar-refractivity contribution is 7.98. The van der Waals surface area contributed by atoms with Crippen molar-refractivity contribution < 1.29 is 9.13 Å². The lowest BCUT2D eigenvalue weighted by molar-refractivity contribution is 0.285. The van der Waals surface area contributed by atoms with Gasteiger partial charge in [0.2, 0.25) is 5.88 Å². The second kappa shape index (κ2) is 4.84. The SMILES string of the molecule is CSc1nc2c3c(nc(Cl)c(F)c3n1)OC[C@@H]1CCCN21. The Hall–Kier alpha value is -1.34. The van der Waals surface area contributed by atoms with E-state index in [1.54, 1.807) is 0 Å². The van der Waals surface area contributed by atoms with Gasteiger partial charge in [-0.1, -0.05) is 23.4 Å². The molecule has 0 spiro atoms. The molecule has 2 aromatic heterocycles. The summed E-state index contributed by atoms with van der Waals surface area (Å²) in [4.78, 5) is 15.0. The van der Waals surface area contributed by atoms with Gasteiger partial charge in [0.15, 0.2) is 16.1 Å². The largest absolute Gasteiger partial charge is 0.475 e. The van der Waals surface area contributed by atoms with Crippen LogP contribution >= 0.6 is 23.4 Å². The van der Waals surface area contributed by atoms with Gasteiger partial charge < -0.3 is 9.64 Å². The van der Waals surface area contributed by atoms with E-state index >= 15 is 0 Å². The van der Waals surface area contributed by atoms with Gasteiger partial charge in [0.1, 0.15) is 23.3 Å². The molecule has 1 saturated heterocycles. The van der Waals surface area contributed by atoms with E-state index in [-0.39, 0.29) is 16.7 Å². The first-order valence-corrected chi connectivity index (χ1v) is 8.29. The Morgan fingerprint density at radius 3 is 3.05 bits per heavy atom. The first kappa shape index (κ1) is 13.3. The Labute approximate surface area is 129 Å². The molecule has 0 N–H and O–H groups in total. The highest BCUT2D eigenvalue weighted by Crippen LogP contribution is 2.40. The summed E-state index contributed by atoms with van der Waals surface area (Å²) < 4.78 is 20.1. The lowest BCUT2D eigenvalue weighted by Gasteiger charge is -2.23. The molecule has 2 aliphatic heterocycles. The fraction of sp³-hybridized carbons (Fsp3) is 0.462. The first-order valence-electron chi connectivity index (χ1n) is 6.69. The highest BCUT2D eigenvalue weighted by atomic mass is 35.5. The summed E-state index contributed by atoms with van der Waals surface area (Å²) >= 11 is 7.25. The van der Waals surface area contributed by atoms with Crippen LogP contribution in [0.4, 0.5) is 10.2 Å². The third-order valence-corrected chi connectivity index (χ3v) is 4.71. The molecule has 0 unspecified atom stereocenters. The molecule has 2 aromatic rings. The number of anilines is 1. The molecular weight excluding hydrogens is 315 g/mol. The van der Waals surface area contributed by atoms with Crippen LogP contribution in [-0.2, 0) is 0 Å². The minimum Gasteiger partial charge on any atom is -0.475 e. The third-order valence-electron chi connectivity index (χ3n) is 3.92. The maximum atomic E-state index is 14.3. The number of rotatable bonds is 1. The molecular formula is C13H12ClFN4OS. The van der Waals surface area contributed by atoms with Crippen LogP contribution in [0.5, 0.6) is 5.88 Å². The van der Waals surface area contributed by atoms with Crippen LogP contribution in [0, 0.1) is 5.82 Å². The highest BCUT2D eigenvalue weighted by Gasteiger charge is 2.34. The average molecular weight is 327 g/mol. The molecule has 0 aromatic carbocycles. The molecule has 1 fully saturated rings.